The minimum Gasteiger partial charge on any atom is -0.370 e. The summed E-state index contributed by atoms with van der Waals surface area (Å²) in [6, 6.07) is 10.4. The van der Waals surface area contributed by atoms with E-state index in [0.717, 1.165) is 68.1 Å². The second-order valence-corrected chi connectivity index (χ2v) is 7.02. The molecule has 1 aromatic carbocycles. The molecule has 3 heterocycles. The number of piperazine rings is 1. The van der Waals surface area contributed by atoms with Crippen molar-refractivity contribution in [1.29, 1.82) is 0 Å². The van der Waals surface area contributed by atoms with Crippen LogP contribution < -0.4 is 15.1 Å². The first-order valence-corrected chi connectivity index (χ1v) is 9.78. The highest BCUT2D eigenvalue weighted by Crippen LogP contribution is 2.17. The molecule has 2 aromatic heterocycles. The third-order valence-corrected chi connectivity index (χ3v) is 4.87. The lowest BCUT2D eigenvalue weighted by Gasteiger charge is -2.34. The molecule has 0 radical (unpaired) electrons. The first-order chi connectivity index (χ1) is 14.2. The van der Waals surface area contributed by atoms with Crippen molar-refractivity contribution in [1.82, 2.24) is 19.9 Å². The Morgan fingerprint density at radius 2 is 1.59 bits per heavy atom. The van der Waals surface area contributed by atoms with E-state index < -0.39 is 0 Å². The van der Waals surface area contributed by atoms with Crippen LogP contribution in [0.2, 0.25) is 0 Å². The maximum absolute atomic E-state index is 13.0. The molecule has 7 nitrogen and oxygen atoms in total. The number of aryl methyl sites for hydroxylation is 1. The minimum atomic E-state index is -0.211. The van der Waals surface area contributed by atoms with Gasteiger partial charge in [-0.25, -0.2) is 19.3 Å². The van der Waals surface area contributed by atoms with Crippen molar-refractivity contribution in [2.24, 2.45) is 0 Å². The molecule has 0 aliphatic carbocycles. The number of halogens is 1. The lowest BCUT2D eigenvalue weighted by molar-refractivity contribution is 0.627. The Kier molecular flexibility index (Phi) is 5.79. The number of nitrogens with zero attached hydrogens (tertiary/aromatic N) is 6. The lowest BCUT2D eigenvalue weighted by atomic mass is 10.1. The first-order valence-electron chi connectivity index (χ1n) is 9.78. The Bertz CT molecular complexity index is 926. The van der Waals surface area contributed by atoms with Crippen molar-refractivity contribution >= 4 is 17.7 Å². The van der Waals surface area contributed by atoms with Gasteiger partial charge in [-0.1, -0.05) is 12.1 Å². The van der Waals surface area contributed by atoms with E-state index in [1.807, 2.05) is 31.2 Å². The van der Waals surface area contributed by atoms with Crippen molar-refractivity contribution in [2.45, 2.75) is 13.3 Å². The van der Waals surface area contributed by atoms with Crippen LogP contribution in [0.4, 0.5) is 22.1 Å². The Balaban J connectivity index is 1.35. The van der Waals surface area contributed by atoms with Crippen LogP contribution in [-0.2, 0) is 6.42 Å². The summed E-state index contributed by atoms with van der Waals surface area (Å²) in [6.45, 7) is 5.99. The van der Waals surface area contributed by atoms with Crippen LogP contribution in [0.5, 0.6) is 0 Å². The van der Waals surface area contributed by atoms with Gasteiger partial charge in [0.2, 0.25) is 11.9 Å². The SMILES string of the molecule is Cc1cc(NCCc2ccc(F)cc2)nc(N2CCN(c3ncccn3)CC2)n1. The van der Waals surface area contributed by atoms with Gasteiger partial charge >= 0.3 is 0 Å². The van der Waals surface area contributed by atoms with Gasteiger partial charge in [0.05, 0.1) is 0 Å². The van der Waals surface area contributed by atoms with E-state index in [0.29, 0.717) is 0 Å². The van der Waals surface area contributed by atoms with Crippen LogP contribution in [0.15, 0.2) is 48.8 Å². The second-order valence-electron chi connectivity index (χ2n) is 7.02. The van der Waals surface area contributed by atoms with Crippen LogP contribution in [0.1, 0.15) is 11.3 Å². The molecular weight excluding hydrogens is 369 g/mol. The number of anilines is 3. The number of rotatable bonds is 6. The molecule has 1 aliphatic rings. The molecule has 0 saturated carbocycles. The molecule has 3 aromatic rings. The summed E-state index contributed by atoms with van der Waals surface area (Å²) < 4.78 is 13.0. The zero-order chi connectivity index (χ0) is 20.1. The molecule has 8 heteroatoms. The molecule has 29 heavy (non-hydrogen) atoms. The van der Waals surface area contributed by atoms with E-state index in [2.05, 4.69) is 30.1 Å². The second kappa shape index (κ2) is 8.81. The molecule has 1 N–H and O–H groups in total. The molecule has 0 unspecified atom stereocenters. The quantitative estimate of drug-likeness (QED) is 0.690. The van der Waals surface area contributed by atoms with E-state index in [1.165, 1.54) is 12.1 Å². The minimum absolute atomic E-state index is 0.211. The molecule has 1 fully saturated rings. The van der Waals surface area contributed by atoms with E-state index in [4.69, 9.17) is 4.98 Å². The Morgan fingerprint density at radius 1 is 0.931 bits per heavy atom. The zero-order valence-electron chi connectivity index (χ0n) is 16.4. The molecule has 150 valence electrons. The Labute approximate surface area is 169 Å². The molecular formula is C21H24FN7. The normalized spacial score (nSPS) is 14.1. The number of benzene rings is 1. The molecule has 0 amide bonds. The fraction of sp³-hybridized carbons (Fsp3) is 0.333. The first kappa shape index (κ1) is 19.0. The lowest BCUT2D eigenvalue weighted by Crippen LogP contribution is -2.47. The molecule has 1 saturated heterocycles. The number of hydrogen-bond donors (Lipinski definition) is 1. The van der Waals surface area contributed by atoms with Gasteiger partial charge in [0.15, 0.2) is 0 Å². The fourth-order valence-electron chi connectivity index (χ4n) is 3.33. The molecule has 1 aliphatic heterocycles. The fourth-order valence-corrected chi connectivity index (χ4v) is 3.33. The Hall–Kier alpha value is -3.29. The van der Waals surface area contributed by atoms with Gasteiger partial charge in [0.1, 0.15) is 11.6 Å². The summed E-state index contributed by atoms with van der Waals surface area (Å²) in [7, 11) is 0. The highest BCUT2D eigenvalue weighted by atomic mass is 19.1. The maximum Gasteiger partial charge on any atom is 0.227 e. The van der Waals surface area contributed by atoms with Crippen LogP contribution in [-0.4, -0.2) is 52.7 Å². The van der Waals surface area contributed by atoms with Crippen LogP contribution in [0.25, 0.3) is 0 Å². The number of nitrogens with one attached hydrogen (secondary N) is 1. The topological polar surface area (TPSA) is 70.1 Å². The van der Waals surface area contributed by atoms with Crippen molar-refractivity contribution in [3.63, 3.8) is 0 Å². The van der Waals surface area contributed by atoms with E-state index >= 15 is 0 Å². The van der Waals surface area contributed by atoms with Gasteiger partial charge in [-0.05, 0) is 37.1 Å². The standard InChI is InChI=1S/C21H24FN7/c1-16-15-19(23-10-7-17-3-5-18(22)6-4-17)27-21(26-16)29-13-11-28(12-14-29)20-24-8-2-9-25-20/h2-6,8-9,15H,7,10-14H2,1H3,(H,23,26,27). The van der Waals surface area contributed by atoms with Gasteiger partial charge in [-0.15, -0.1) is 0 Å². The predicted octanol–water partition coefficient (Wildman–Crippen LogP) is 2.70. The molecule has 4 rings (SSSR count). The van der Waals surface area contributed by atoms with Crippen molar-refractivity contribution in [3.05, 3.63) is 65.9 Å². The summed E-state index contributed by atoms with van der Waals surface area (Å²) >= 11 is 0. The summed E-state index contributed by atoms with van der Waals surface area (Å²) in [5.41, 5.74) is 2.01. The Morgan fingerprint density at radius 3 is 2.28 bits per heavy atom. The van der Waals surface area contributed by atoms with Crippen LogP contribution in [0.3, 0.4) is 0 Å². The smallest absolute Gasteiger partial charge is 0.227 e. The largest absolute Gasteiger partial charge is 0.370 e. The average molecular weight is 393 g/mol. The van der Waals surface area contributed by atoms with Gasteiger partial charge < -0.3 is 15.1 Å². The van der Waals surface area contributed by atoms with Crippen LogP contribution in [0, 0.1) is 12.7 Å². The zero-order valence-corrected chi connectivity index (χ0v) is 16.4. The van der Waals surface area contributed by atoms with Crippen molar-refractivity contribution in [3.8, 4) is 0 Å². The maximum atomic E-state index is 13.0. The molecule has 0 bridgehead atoms. The van der Waals surface area contributed by atoms with Gasteiger partial charge in [0, 0.05) is 56.9 Å². The highest BCUT2D eigenvalue weighted by molar-refractivity contribution is 5.45. The number of hydrogen-bond acceptors (Lipinski definition) is 7. The molecule has 0 spiro atoms. The van der Waals surface area contributed by atoms with Gasteiger partial charge in [0.25, 0.3) is 0 Å². The summed E-state index contributed by atoms with van der Waals surface area (Å²) in [5, 5.41) is 3.36. The third-order valence-electron chi connectivity index (χ3n) is 4.87. The highest BCUT2D eigenvalue weighted by Gasteiger charge is 2.21. The van der Waals surface area contributed by atoms with Crippen molar-refractivity contribution in [2.75, 3.05) is 47.8 Å². The predicted molar refractivity (Wildman–Crippen MR) is 112 cm³/mol. The van der Waals surface area contributed by atoms with Gasteiger partial charge in [-0.2, -0.15) is 4.98 Å². The van der Waals surface area contributed by atoms with E-state index in [1.54, 1.807) is 12.4 Å². The van der Waals surface area contributed by atoms with E-state index in [9.17, 15) is 4.39 Å². The summed E-state index contributed by atoms with van der Waals surface area (Å²) in [4.78, 5) is 22.3. The van der Waals surface area contributed by atoms with Crippen LogP contribution >= 0.6 is 0 Å². The van der Waals surface area contributed by atoms with Crippen molar-refractivity contribution < 1.29 is 4.39 Å². The molecule has 0 atom stereocenters. The third kappa shape index (κ3) is 4.96. The monoisotopic (exact) mass is 393 g/mol. The number of aromatic nitrogens is 4. The van der Waals surface area contributed by atoms with Gasteiger partial charge in [-0.3, -0.25) is 0 Å². The van der Waals surface area contributed by atoms with E-state index in [-0.39, 0.29) is 5.82 Å². The summed E-state index contributed by atoms with van der Waals surface area (Å²) in [5.74, 6) is 2.10. The average Bonchev–Trinajstić information content (AvgIpc) is 2.75. The summed E-state index contributed by atoms with van der Waals surface area (Å²) in [6.07, 6.45) is 4.33.